The minimum Gasteiger partial charge on any atom is -0.296 e. The molecule has 0 radical (unpaired) electrons. The van der Waals surface area contributed by atoms with E-state index in [2.05, 4.69) is 15.9 Å². The van der Waals surface area contributed by atoms with Gasteiger partial charge in [0.25, 0.3) is 0 Å². The highest BCUT2D eigenvalue weighted by Gasteiger charge is 2.22. The molecular formula is C11H12BrF2N. The highest BCUT2D eigenvalue weighted by atomic mass is 79.9. The molecular weight excluding hydrogens is 264 g/mol. The molecule has 1 aliphatic rings. The number of nitrogens with zero attached hydrogens (tertiary/aromatic N) is 1. The summed E-state index contributed by atoms with van der Waals surface area (Å²) in [6.07, 6.45) is -0.185. The van der Waals surface area contributed by atoms with E-state index in [4.69, 9.17) is 0 Å². The highest BCUT2D eigenvalue weighted by Crippen LogP contribution is 2.20. The Morgan fingerprint density at radius 3 is 2.93 bits per heavy atom. The van der Waals surface area contributed by atoms with Crippen LogP contribution in [0, 0.1) is 5.82 Å². The zero-order chi connectivity index (χ0) is 10.8. The Bertz CT molecular complexity index is 356. The lowest BCUT2D eigenvalue weighted by Crippen LogP contribution is -2.21. The van der Waals surface area contributed by atoms with Crippen molar-refractivity contribution >= 4 is 15.9 Å². The molecule has 0 bridgehead atoms. The van der Waals surface area contributed by atoms with Gasteiger partial charge in [0, 0.05) is 29.7 Å². The summed E-state index contributed by atoms with van der Waals surface area (Å²) in [6, 6.07) is 4.85. The average Bonchev–Trinajstić information content (AvgIpc) is 2.58. The number of alkyl halides is 1. The van der Waals surface area contributed by atoms with Gasteiger partial charge in [0.2, 0.25) is 0 Å². The fourth-order valence-electron chi connectivity index (χ4n) is 1.83. The van der Waals surface area contributed by atoms with Gasteiger partial charge in [-0.15, -0.1) is 0 Å². The molecule has 0 spiro atoms. The summed E-state index contributed by atoms with van der Waals surface area (Å²) in [6.45, 7) is 1.63. The standard InChI is InChI=1S/C11H12BrF2N/c12-9-1-2-11(14)8(5-9)6-15-4-3-10(13)7-15/h1-2,5,10H,3-4,6-7H2/t10-/m1/s1. The predicted molar refractivity (Wildman–Crippen MR) is 58.9 cm³/mol. The second-order valence-electron chi connectivity index (χ2n) is 3.86. The summed E-state index contributed by atoms with van der Waals surface area (Å²) in [4.78, 5) is 1.94. The van der Waals surface area contributed by atoms with Crippen LogP contribution in [0.3, 0.4) is 0 Å². The first-order valence-electron chi connectivity index (χ1n) is 4.95. The molecule has 1 fully saturated rings. The van der Waals surface area contributed by atoms with Crippen molar-refractivity contribution in [1.29, 1.82) is 0 Å². The van der Waals surface area contributed by atoms with Crippen molar-refractivity contribution in [1.82, 2.24) is 4.90 Å². The summed E-state index contributed by atoms with van der Waals surface area (Å²) in [5.74, 6) is -0.222. The summed E-state index contributed by atoms with van der Waals surface area (Å²) in [7, 11) is 0. The van der Waals surface area contributed by atoms with Gasteiger partial charge in [-0.1, -0.05) is 15.9 Å². The summed E-state index contributed by atoms with van der Waals surface area (Å²) in [5.41, 5.74) is 0.624. The van der Waals surface area contributed by atoms with Crippen LogP contribution in [0.25, 0.3) is 0 Å². The number of likely N-dealkylation sites (tertiary alicyclic amines) is 1. The van der Waals surface area contributed by atoms with E-state index in [9.17, 15) is 8.78 Å². The lowest BCUT2D eigenvalue weighted by Gasteiger charge is -2.15. The van der Waals surface area contributed by atoms with E-state index < -0.39 is 6.17 Å². The lowest BCUT2D eigenvalue weighted by molar-refractivity contribution is 0.279. The third-order valence-corrected chi connectivity index (χ3v) is 3.11. The molecule has 1 aliphatic heterocycles. The molecule has 82 valence electrons. The molecule has 2 rings (SSSR count). The first-order chi connectivity index (χ1) is 7.15. The minimum absolute atomic E-state index is 0.222. The molecule has 1 aromatic carbocycles. The molecule has 0 aliphatic carbocycles. The first kappa shape index (κ1) is 11.0. The van der Waals surface area contributed by atoms with Crippen molar-refractivity contribution in [2.24, 2.45) is 0 Å². The second kappa shape index (κ2) is 4.58. The van der Waals surface area contributed by atoms with Gasteiger partial charge >= 0.3 is 0 Å². The van der Waals surface area contributed by atoms with Gasteiger partial charge < -0.3 is 0 Å². The fourth-order valence-corrected chi connectivity index (χ4v) is 2.24. The van der Waals surface area contributed by atoms with E-state index >= 15 is 0 Å². The van der Waals surface area contributed by atoms with E-state index in [1.807, 2.05) is 4.90 Å². The van der Waals surface area contributed by atoms with Crippen molar-refractivity contribution < 1.29 is 8.78 Å². The molecule has 1 saturated heterocycles. The molecule has 1 atom stereocenters. The average molecular weight is 276 g/mol. The predicted octanol–water partition coefficient (Wildman–Crippen LogP) is 3.13. The van der Waals surface area contributed by atoms with Gasteiger partial charge in [-0.2, -0.15) is 0 Å². The topological polar surface area (TPSA) is 3.24 Å². The van der Waals surface area contributed by atoms with Crippen molar-refractivity contribution in [3.63, 3.8) is 0 Å². The van der Waals surface area contributed by atoms with Crippen LogP contribution in [0.4, 0.5) is 8.78 Å². The molecule has 0 unspecified atom stereocenters. The number of benzene rings is 1. The third kappa shape index (κ3) is 2.75. The van der Waals surface area contributed by atoms with Gasteiger partial charge in [0.05, 0.1) is 0 Å². The Morgan fingerprint density at radius 1 is 1.47 bits per heavy atom. The third-order valence-electron chi connectivity index (χ3n) is 2.62. The molecule has 1 nitrogen and oxygen atoms in total. The van der Waals surface area contributed by atoms with Crippen molar-refractivity contribution in [3.05, 3.63) is 34.1 Å². The lowest BCUT2D eigenvalue weighted by atomic mass is 10.2. The van der Waals surface area contributed by atoms with Crippen LogP contribution in [0.2, 0.25) is 0 Å². The van der Waals surface area contributed by atoms with Crippen LogP contribution in [0.1, 0.15) is 12.0 Å². The molecule has 4 heteroatoms. The van der Waals surface area contributed by atoms with E-state index in [0.29, 0.717) is 31.6 Å². The van der Waals surface area contributed by atoms with Crippen LogP contribution in [-0.2, 0) is 6.54 Å². The van der Waals surface area contributed by atoms with Gasteiger partial charge in [0.1, 0.15) is 12.0 Å². The van der Waals surface area contributed by atoms with Crippen LogP contribution < -0.4 is 0 Å². The minimum atomic E-state index is -0.750. The SMILES string of the molecule is Fc1ccc(Br)cc1CN1CC[C@@H](F)C1. The van der Waals surface area contributed by atoms with Gasteiger partial charge in [-0.3, -0.25) is 4.90 Å². The zero-order valence-electron chi connectivity index (χ0n) is 8.22. The van der Waals surface area contributed by atoms with E-state index in [1.54, 1.807) is 12.1 Å². The summed E-state index contributed by atoms with van der Waals surface area (Å²) >= 11 is 3.30. The molecule has 0 amide bonds. The highest BCUT2D eigenvalue weighted by molar-refractivity contribution is 9.10. The maximum Gasteiger partial charge on any atom is 0.127 e. The van der Waals surface area contributed by atoms with E-state index in [0.717, 1.165) is 4.47 Å². The van der Waals surface area contributed by atoms with Gasteiger partial charge in [-0.05, 0) is 24.6 Å². The Hall–Kier alpha value is -0.480. The number of hydrogen-bond donors (Lipinski definition) is 0. The second-order valence-corrected chi connectivity index (χ2v) is 4.77. The molecule has 1 aromatic rings. The smallest absolute Gasteiger partial charge is 0.127 e. The van der Waals surface area contributed by atoms with Crippen LogP contribution >= 0.6 is 15.9 Å². The van der Waals surface area contributed by atoms with Crippen molar-refractivity contribution in [3.8, 4) is 0 Å². The molecule has 15 heavy (non-hydrogen) atoms. The molecule has 1 heterocycles. The first-order valence-corrected chi connectivity index (χ1v) is 5.75. The Labute approximate surface area is 96.2 Å². The Kier molecular flexibility index (Phi) is 3.36. The maximum absolute atomic E-state index is 13.4. The molecule has 0 saturated carbocycles. The van der Waals surface area contributed by atoms with Crippen LogP contribution in [0.15, 0.2) is 22.7 Å². The monoisotopic (exact) mass is 275 g/mol. The van der Waals surface area contributed by atoms with E-state index in [1.165, 1.54) is 6.07 Å². The van der Waals surface area contributed by atoms with Crippen LogP contribution in [-0.4, -0.2) is 24.2 Å². The van der Waals surface area contributed by atoms with Gasteiger partial charge in [-0.25, -0.2) is 8.78 Å². The van der Waals surface area contributed by atoms with Crippen LogP contribution in [0.5, 0.6) is 0 Å². The zero-order valence-corrected chi connectivity index (χ0v) is 9.80. The van der Waals surface area contributed by atoms with Crippen molar-refractivity contribution in [2.45, 2.75) is 19.1 Å². The van der Waals surface area contributed by atoms with E-state index in [-0.39, 0.29) is 5.82 Å². The summed E-state index contributed by atoms with van der Waals surface area (Å²) < 4.78 is 27.1. The van der Waals surface area contributed by atoms with Gasteiger partial charge in [0.15, 0.2) is 0 Å². The number of hydrogen-bond acceptors (Lipinski definition) is 1. The Morgan fingerprint density at radius 2 is 2.27 bits per heavy atom. The quantitative estimate of drug-likeness (QED) is 0.802. The maximum atomic E-state index is 13.4. The largest absolute Gasteiger partial charge is 0.296 e. The number of halogens is 3. The Balaban J connectivity index is 2.07. The molecule has 0 aromatic heterocycles. The number of rotatable bonds is 2. The molecule has 0 N–H and O–H groups in total. The summed E-state index contributed by atoms with van der Waals surface area (Å²) in [5, 5.41) is 0. The normalized spacial score (nSPS) is 22.2. The fraction of sp³-hybridized carbons (Fsp3) is 0.455. The van der Waals surface area contributed by atoms with Crippen molar-refractivity contribution in [2.75, 3.05) is 13.1 Å².